The Hall–Kier alpha value is -3.79. The molecule has 2 aromatic heterocycles. The van der Waals surface area contributed by atoms with E-state index < -0.39 is 33.7 Å². The van der Waals surface area contributed by atoms with Gasteiger partial charge in [-0.05, 0) is 62.9 Å². The first-order valence-electron chi connectivity index (χ1n) is 12.0. The van der Waals surface area contributed by atoms with E-state index in [0.29, 0.717) is 24.2 Å². The van der Waals surface area contributed by atoms with Crippen molar-refractivity contribution in [2.24, 2.45) is 7.05 Å². The Morgan fingerprint density at radius 2 is 1.70 bits per heavy atom. The minimum Gasteiger partial charge on any atom is -0.395 e. The van der Waals surface area contributed by atoms with Gasteiger partial charge in [0.25, 0.3) is 11.1 Å². The van der Waals surface area contributed by atoms with Crippen molar-refractivity contribution in [1.29, 1.82) is 0 Å². The summed E-state index contributed by atoms with van der Waals surface area (Å²) in [5.74, 6) is -0.849. The molecule has 4 aromatic rings. The van der Waals surface area contributed by atoms with Crippen molar-refractivity contribution in [3.63, 3.8) is 0 Å². The molecular formula is C27H26FN3O5S. The van der Waals surface area contributed by atoms with Gasteiger partial charge in [0.1, 0.15) is 16.9 Å². The van der Waals surface area contributed by atoms with Crippen LogP contribution in [0, 0.1) is 19.7 Å². The van der Waals surface area contributed by atoms with E-state index in [0.717, 1.165) is 24.8 Å². The Labute approximate surface area is 214 Å². The normalized spacial score (nSPS) is 14.2. The summed E-state index contributed by atoms with van der Waals surface area (Å²) in [5, 5.41) is -0.106. The molecule has 1 unspecified atom stereocenters. The third kappa shape index (κ3) is 4.15. The summed E-state index contributed by atoms with van der Waals surface area (Å²) < 4.78 is 37.6. The van der Waals surface area contributed by atoms with E-state index in [1.165, 1.54) is 26.1 Å². The maximum absolute atomic E-state index is 15.3. The number of benzene rings is 2. The fraction of sp³-hybridized carbons (Fsp3) is 0.296. The van der Waals surface area contributed by atoms with Gasteiger partial charge < -0.3 is 4.18 Å². The van der Waals surface area contributed by atoms with Crippen LogP contribution in [0.3, 0.4) is 0 Å². The van der Waals surface area contributed by atoms with Gasteiger partial charge in [0.2, 0.25) is 11.1 Å². The van der Waals surface area contributed by atoms with Gasteiger partial charge in [-0.1, -0.05) is 30.7 Å². The van der Waals surface area contributed by atoms with E-state index in [1.807, 2.05) is 13.8 Å². The van der Waals surface area contributed by atoms with Gasteiger partial charge >= 0.3 is 5.69 Å². The van der Waals surface area contributed by atoms with Crippen molar-refractivity contribution < 1.29 is 12.8 Å². The van der Waals surface area contributed by atoms with Gasteiger partial charge in [-0.3, -0.25) is 18.7 Å². The Morgan fingerprint density at radius 3 is 2.30 bits per heavy atom. The van der Waals surface area contributed by atoms with Crippen molar-refractivity contribution in [2.75, 3.05) is 0 Å². The van der Waals surface area contributed by atoms with Crippen LogP contribution in [-0.4, -0.2) is 17.9 Å². The number of halogens is 1. The quantitative estimate of drug-likeness (QED) is 0.385. The van der Waals surface area contributed by atoms with Gasteiger partial charge in [-0.25, -0.2) is 18.0 Å². The van der Waals surface area contributed by atoms with Crippen molar-refractivity contribution >= 4 is 22.1 Å². The summed E-state index contributed by atoms with van der Waals surface area (Å²) in [7, 11) is 1.41. The lowest BCUT2D eigenvalue weighted by Gasteiger charge is -2.19. The fourth-order valence-electron chi connectivity index (χ4n) is 4.46. The van der Waals surface area contributed by atoms with Gasteiger partial charge in [-0.15, -0.1) is 0 Å². The monoisotopic (exact) mass is 523 g/mol. The molecule has 5 rings (SSSR count). The number of pyridine rings is 1. The van der Waals surface area contributed by atoms with E-state index in [1.54, 1.807) is 30.3 Å². The van der Waals surface area contributed by atoms with Crippen LogP contribution in [-0.2, 0) is 24.5 Å². The molecule has 0 bridgehead atoms. The zero-order valence-electron chi connectivity index (χ0n) is 20.9. The number of aryl methyl sites for hydroxylation is 3. The molecule has 1 aliphatic carbocycles. The molecule has 0 radical (unpaired) electrons. The fourth-order valence-corrected chi connectivity index (χ4v) is 5.28. The number of hydrogen-bond acceptors (Lipinski definition) is 5. The molecule has 2 heterocycles. The van der Waals surface area contributed by atoms with Crippen LogP contribution in [0.2, 0.25) is 0 Å². The topological polar surface area (TPSA) is 92.3 Å². The third-order valence-corrected chi connectivity index (χ3v) is 7.70. The van der Waals surface area contributed by atoms with E-state index >= 15 is 4.39 Å². The molecule has 192 valence electrons. The third-order valence-electron chi connectivity index (χ3n) is 6.72. The number of nitrogens with zero attached hydrogens (tertiary/aromatic N) is 3. The molecule has 0 amide bonds. The van der Waals surface area contributed by atoms with Crippen molar-refractivity contribution in [1.82, 2.24) is 13.7 Å². The first-order chi connectivity index (χ1) is 17.6. The van der Waals surface area contributed by atoms with Crippen molar-refractivity contribution in [2.45, 2.75) is 51.0 Å². The highest BCUT2D eigenvalue weighted by molar-refractivity contribution is 7.80. The number of rotatable bonds is 6. The van der Waals surface area contributed by atoms with Crippen LogP contribution < -0.4 is 21.0 Å². The van der Waals surface area contributed by atoms with Crippen LogP contribution in [0.4, 0.5) is 4.39 Å². The summed E-state index contributed by atoms with van der Waals surface area (Å²) in [5.41, 5.74) is -0.438. The first kappa shape index (κ1) is 24.9. The second-order valence-corrected chi connectivity index (χ2v) is 10.4. The lowest BCUT2D eigenvalue weighted by molar-refractivity contribution is 0.555. The molecule has 8 nitrogen and oxygen atoms in total. The predicted octanol–water partition coefficient (Wildman–Crippen LogP) is 3.61. The second-order valence-electron chi connectivity index (χ2n) is 9.31. The van der Waals surface area contributed by atoms with Gasteiger partial charge in [0.15, 0.2) is 5.75 Å². The number of aromatic nitrogens is 3. The smallest absolute Gasteiger partial charge is 0.337 e. The van der Waals surface area contributed by atoms with Crippen molar-refractivity contribution in [3.8, 4) is 11.4 Å². The van der Waals surface area contributed by atoms with Crippen LogP contribution in [0.1, 0.15) is 42.5 Å². The Morgan fingerprint density at radius 1 is 1.03 bits per heavy atom. The van der Waals surface area contributed by atoms with Crippen molar-refractivity contribution in [3.05, 3.63) is 96.2 Å². The minimum atomic E-state index is -2.06. The van der Waals surface area contributed by atoms with Gasteiger partial charge in [0.05, 0.1) is 16.1 Å². The number of fused-ring (bicyclic) bond motifs is 1. The molecule has 10 heteroatoms. The predicted molar refractivity (Wildman–Crippen MR) is 140 cm³/mol. The average Bonchev–Trinajstić information content (AvgIpc) is 3.71. The molecule has 1 fully saturated rings. The maximum Gasteiger partial charge on any atom is 0.337 e. The molecular weight excluding hydrogens is 497 g/mol. The molecule has 1 saturated carbocycles. The Kier molecular flexibility index (Phi) is 6.23. The average molecular weight is 524 g/mol. The maximum atomic E-state index is 15.3. The largest absolute Gasteiger partial charge is 0.395 e. The Balaban J connectivity index is 1.88. The van der Waals surface area contributed by atoms with Crippen LogP contribution in [0.5, 0.6) is 5.75 Å². The summed E-state index contributed by atoms with van der Waals surface area (Å²) >= 11 is -2.06. The lowest BCUT2D eigenvalue weighted by Crippen LogP contribution is -2.42. The summed E-state index contributed by atoms with van der Waals surface area (Å²) in [4.78, 5) is 41.0. The molecule has 1 aliphatic rings. The lowest BCUT2D eigenvalue weighted by atomic mass is 10.1. The van der Waals surface area contributed by atoms with Crippen LogP contribution in [0.25, 0.3) is 16.7 Å². The first-order valence-corrected chi connectivity index (χ1v) is 13.1. The molecule has 37 heavy (non-hydrogen) atoms. The SMILES string of the molecule is CCc1ccc(-n2c(=O)n(C3CC3)c(=O)c3c(OS(=O)c4ccc(C)cc4)c(C)c(=O)n(C)c32)c(F)c1. The van der Waals surface area contributed by atoms with Crippen LogP contribution in [0.15, 0.2) is 61.7 Å². The summed E-state index contributed by atoms with van der Waals surface area (Å²) in [6.45, 7) is 5.24. The van der Waals surface area contributed by atoms with E-state index in [2.05, 4.69) is 0 Å². The molecule has 0 saturated heterocycles. The zero-order valence-corrected chi connectivity index (χ0v) is 21.7. The highest BCUT2D eigenvalue weighted by Crippen LogP contribution is 2.34. The highest BCUT2D eigenvalue weighted by atomic mass is 32.2. The molecule has 2 aromatic carbocycles. The second kappa shape index (κ2) is 9.26. The van der Waals surface area contributed by atoms with E-state index in [9.17, 15) is 18.6 Å². The summed E-state index contributed by atoms with van der Waals surface area (Å²) in [6, 6.07) is 10.9. The highest BCUT2D eigenvalue weighted by Gasteiger charge is 2.32. The zero-order chi connectivity index (χ0) is 26.6. The number of hydrogen-bond donors (Lipinski definition) is 0. The molecule has 0 spiro atoms. The van der Waals surface area contributed by atoms with E-state index in [-0.39, 0.29) is 34.1 Å². The minimum absolute atomic E-state index is 0.0573. The van der Waals surface area contributed by atoms with E-state index in [4.69, 9.17) is 4.18 Å². The summed E-state index contributed by atoms with van der Waals surface area (Å²) in [6.07, 6.45) is 1.83. The van der Waals surface area contributed by atoms with Gasteiger partial charge in [0, 0.05) is 13.1 Å². The standard InChI is InChI=1S/C27H26FN3O5S/c1-5-17-8-13-21(20(28)14-17)31-24-22(26(33)30(27(31)34)18-9-10-18)23(16(3)25(32)29(24)4)36-37(35)19-11-6-15(2)7-12-19/h6-8,11-14,18H,5,9-10H2,1-4H3. The molecule has 0 aliphatic heterocycles. The van der Waals surface area contributed by atoms with Crippen LogP contribution >= 0.6 is 0 Å². The van der Waals surface area contributed by atoms with Gasteiger partial charge in [-0.2, -0.15) is 0 Å². The Bertz CT molecular complexity index is 1770. The molecule has 0 N–H and O–H groups in total. The molecule has 1 atom stereocenters.